The minimum absolute atomic E-state index is 0.344. The van der Waals surface area contributed by atoms with Gasteiger partial charge in [-0.15, -0.1) is 0 Å². The van der Waals surface area contributed by atoms with E-state index in [1.807, 2.05) is 15.7 Å². The zero-order chi connectivity index (χ0) is 15.1. The van der Waals surface area contributed by atoms with Crippen LogP contribution in [0.2, 0.25) is 0 Å². The van der Waals surface area contributed by atoms with Gasteiger partial charge < -0.3 is 14.8 Å². The number of nitrogens with one attached hydrogen (secondary N) is 2. The zero-order valence-electron chi connectivity index (χ0n) is 12.3. The number of aromatic nitrogens is 5. The van der Waals surface area contributed by atoms with Crippen LogP contribution in [0.4, 0.5) is 17.8 Å². The highest BCUT2D eigenvalue weighted by Crippen LogP contribution is 2.12. The molecule has 4 N–H and O–H groups in total. The van der Waals surface area contributed by atoms with Crippen molar-refractivity contribution < 1.29 is 0 Å². The Morgan fingerprint density at radius 3 is 2.57 bits per heavy atom. The number of nitrogen functional groups attached to an aromatic ring is 1. The first-order valence-corrected chi connectivity index (χ1v) is 6.94. The second-order valence-corrected chi connectivity index (χ2v) is 4.33. The van der Waals surface area contributed by atoms with Gasteiger partial charge in [0.25, 0.3) is 0 Å². The zero-order valence-corrected chi connectivity index (χ0v) is 12.3. The Hall–Kier alpha value is -2.42. The lowest BCUT2D eigenvalue weighted by Crippen LogP contribution is -2.26. The molecule has 2 heterocycles. The molecule has 0 saturated carbocycles. The molecule has 0 amide bonds. The van der Waals surface area contributed by atoms with Crippen molar-refractivity contribution in [1.82, 2.24) is 24.5 Å². The Morgan fingerprint density at radius 1 is 1.19 bits per heavy atom. The van der Waals surface area contributed by atoms with Crippen LogP contribution in [-0.4, -0.2) is 44.1 Å². The molecule has 9 nitrogen and oxygen atoms in total. The van der Waals surface area contributed by atoms with E-state index < -0.39 is 0 Å². The fourth-order valence-corrected chi connectivity index (χ4v) is 1.87. The van der Waals surface area contributed by atoms with Gasteiger partial charge in [0.05, 0.1) is 6.33 Å². The monoisotopic (exact) mass is 291 g/mol. The lowest BCUT2D eigenvalue weighted by molar-refractivity contribution is 0.721. The summed E-state index contributed by atoms with van der Waals surface area (Å²) in [6.45, 7) is 7.20. The summed E-state index contributed by atoms with van der Waals surface area (Å²) in [5.41, 5.74) is 2.47. The minimum atomic E-state index is 0.344. The third-order valence-corrected chi connectivity index (χ3v) is 3.01. The summed E-state index contributed by atoms with van der Waals surface area (Å²) in [5.74, 6) is 6.86. The quantitative estimate of drug-likeness (QED) is 0.471. The van der Waals surface area contributed by atoms with Gasteiger partial charge in [-0.05, 0) is 13.8 Å². The number of hydrazine groups is 1. The van der Waals surface area contributed by atoms with Crippen LogP contribution in [-0.2, 0) is 6.54 Å². The maximum Gasteiger partial charge on any atom is 0.243 e. The number of hydrogen-bond donors (Lipinski definition) is 3. The highest BCUT2D eigenvalue weighted by Gasteiger charge is 2.10. The highest BCUT2D eigenvalue weighted by molar-refractivity contribution is 5.43. The Bertz CT molecular complexity index is 536. The smallest absolute Gasteiger partial charge is 0.243 e. The molecule has 2 aromatic heterocycles. The molecular formula is C12H21N9. The van der Waals surface area contributed by atoms with Crippen molar-refractivity contribution in [1.29, 1.82) is 0 Å². The number of imidazole rings is 1. The molecule has 114 valence electrons. The molecule has 2 aromatic rings. The molecule has 0 aliphatic rings. The molecule has 0 unspecified atom stereocenters. The van der Waals surface area contributed by atoms with Gasteiger partial charge >= 0.3 is 0 Å². The summed E-state index contributed by atoms with van der Waals surface area (Å²) in [6, 6.07) is 0. The largest absolute Gasteiger partial charge is 0.352 e. The van der Waals surface area contributed by atoms with Crippen LogP contribution in [0.25, 0.3) is 0 Å². The van der Waals surface area contributed by atoms with Gasteiger partial charge in [-0.1, -0.05) is 0 Å². The van der Waals surface area contributed by atoms with Gasteiger partial charge in [-0.2, -0.15) is 15.0 Å². The Kier molecular flexibility index (Phi) is 5.27. The van der Waals surface area contributed by atoms with Crippen LogP contribution >= 0.6 is 0 Å². The number of anilines is 3. The van der Waals surface area contributed by atoms with Crippen molar-refractivity contribution in [3.63, 3.8) is 0 Å². The van der Waals surface area contributed by atoms with Crippen LogP contribution in [0.5, 0.6) is 0 Å². The summed E-state index contributed by atoms with van der Waals surface area (Å²) in [5, 5.41) is 3.17. The SMILES string of the molecule is CCN(CC)c1nc(NN)nc(NCCn2ccnc2)n1. The molecule has 0 fully saturated rings. The normalized spacial score (nSPS) is 10.4. The second kappa shape index (κ2) is 7.39. The number of nitrogens with two attached hydrogens (primary N) is 1. The summed E-state index contributed by atoms with van der Waals surface area (Å²) in [4.78, 5) is 18.9. The maximum absolute atomic E-state index is 5.42. The van der Waals surface area contributed by atoms with Gasteiger partial charge in [0.1, 0.15) is 0 Å². The van der Waals surface area contributed by atoms with E-state index in [0.29, 0.717) is 24.4 Å². The van der Waals surface area contributed by atoms with Crippen molar-refractivity contribution in [2.75, 3.05) is 35.3 Å². The molecule has 2 rings (SSSR count). The number of nitrogens with zero attached hydrogens (tertiary/aromatic N) is 6. The summed E-state index contributed by atoms with van der Waals surface area (Å²) in [7, 11) is 0. The number of rotatable bonds is 8. The molecular weight excluding hydrogens is 270 g/mol. The van der Waals surface area contributed by atoms with Crippen molar-refractivity contribution in [2.24, 2.45) is 5.84 Å². The van der Waals surface area contributed by atoms with Crippen molar-refractivity contribution in [3.8, 4) is 0 Å². The van der Waals surface area contributed by atoms with Crippen LogP contribution < -0.4 is 21.5 Å². The molecule has 0 saturated heterocycles. The summed E-state index contributed by atoms with van der Waals surface area (Å²) >= 11 is 0. The van der Waals surface area contributed by atoms with Gasteiger partial charge in [-0.3, -0.25) is 5.43 Å². The van der Waals surface area contributed by atoms with Crippen LogP contribution in [0.1, 0.15) is 13.8 Å². The molecule has 0 aliphatic carbocycles. The van der Waals surface area contributed by atoms with Gasteiger partial charge in [0.15, 0.2) is 0 Å². The van der Waals surface area contributed by atoms with Gasteiger partial charge in [-0.25, -0.2) is 10.8 Å². The van der Waals surface area contributed by atoms with Crippen LogP contribution in [0.15, 0.2) is 18.7 Å². The van der Waals surface area contributed by atoms with Crippen molar-refractivity contribution in [3.05, 3.63) is 18.7 Å². The van der Waals surface area contributed by atoms with E-state index in [0.717, 1.165) is 19.6 Å². The first-order valence-electron chi connectivity index (χ1n) is 6.94. The maximum atomic E-state index is 5.42. The third-order valence-electron chi connectivity index (χ3n) is 3.01. The van der Waals surface area contributed by atoms with Crippen molar-refractivity contribution >= 4 is 17.8 Å². The first kappa shape index (κ1) is 15.0. The van der Waals surface area contributed by atoms with E-state index >= 15 is 0 Å². The second-order valence-electron chi connectivity index (χ2n) is 4.33. The molecule has 0 aliphatic heterocycles. The molecule has 21 heavy (non-hydrogen) atoms. The molecule has 0 radical (unpaired) electrons. The Labute approximate surface area is 123 Å². The average molecular weight is 291 g/mol. The molecule has 0 aromatic carbocycles. The Morgan fingerprint density at radius 2 is 1.95 bits per heavy atom. The predicted octanol–water partition coefficient (Wildman–Crippen LogP) is 0.312. The Balaban J connectivity index is 2.05. The van der Waals surface area contributed by atoms with E-state index in [1.54, 1.807) is 12.5 Å². The summed E-state index contributed by atoms with van der Waals surface area (Å²) in [6.07, 6.45) is 5.42. The molecule has 0 bridgehead atoms. The first-order chi connectivity index (χ1) is 10.3. The topological polar surface area (TPSA) is 110 Å². The van der Waals surface area contributed by atoms with E-state index in [2.05, 4.69) is 44.5 Å². The fourth-order valence-electron chi connectivity index (χ4n) is 1.87. The third kappa shape index (κ3) is 4.02. The average Bonchev–Trinajstić information content (AvgIpc) is 3.01. The molecule has 0 spiro atoms. The van der Waals surface area contributed by atoms with Gasteiger partial charge in [0, 0.05) is 38.6 Å². The standard InChI is InChI=1S/C12H21N9/c1-3-21(4-2)12-17-10(16-11(18-12)19-13)15-6-8-20-7-5-14-9-20/h5,7,9H,3-4,6,8,13H2,1-2H3,(H2,15,16,17,18,19). The summed E-state index contributed by atoms with van der Waals surface area (Å²) < 4.78 is 1.97. The van der Waals surface area contributed by atoms with E-state index in [9.17, 15) is 0 Å². The highest BCUT2D eigenvalue weighted by atomic mass is 15.4. The molecule has 0 atom stereocenters. The lowest BCUT2D eigenvalue weighted by atomic mass is 10.5. The van der Waals surface area contributed by atoms with E-state index in [1.165, 1.54) is 0 Å². The lowest BCUT2D eigenvalue weighted by Gasteiger charge is -2.19. The van der Waals surface area contributed by atoms with Crippen LogP contribution in [0.3, 0.4) is 0 Å². The number of hydrogen-bond acceptors (Lipinski definition) is 8. The van der Waals surface area contributed by atoms with Gasteiger partial charge in [0.2, 0.25) is 17.8 Å². The van der Waals surface area contributed by atoms with E-state index in [4.69, 9.17) is 5.84 Å². The van der Waals surface area contributed by atoms with E-state index in [-0.39, 0.29) is 0 Å². The minimum Gasteiger partial charge on any atom is -0.352 e. The van der Waals surface area contributed by atoms with Crippen molar-refractivity contribution in [2.45, 2.75) is 20.4 Å². The fraction of sp³-hybridized carbons (Fsp3) is 0.500. The molecule has 9 heteroatoms. The van der Waals surface area contributed by atoms with Crippen LogP contribution in [0, 0.1) is 0 Å². The predicted molar refractivity (Wildman–Crippen MR) is 81.9 cm³/mol.